The maximum Gasteiger partial charge on any atom is 0.121 e. The van der Waals surface area contributed by atoms with Gasteiger partial charge in [-0.2, -0.15) is 0 Å². The summed E-state index contributed by atoms with van der Waals surface area (Å²) in [7, 11) is 1.67. The van der Waals surface area contributed by atoms with E-state index in [1.165, 1.54) is 6.42 Å². The molecule has 1 aromatic rings. The topological polar surface area (TPSA) is 41.7 Å². The SMILES string of the molecule is CCC(C)N1CCN(c2ccc(OC)cc2N)CC1. The minimum atomic E-state index is 0.676. The first-order valence-corrected chi connectivity index (χ1v) is 7.08. The smallest absolute Gasteiger partial charge is 0.121 e. The Morgan fingerprint density at radius 2 is 1.95 bits per heavy atom. The lowest BCUT2D eigenvalue weighted by atomic mass is 10.1. The second kappa shape index (κ2) is 6.15. The van der Waals surface area contributed by atoms with Crippen LogP contribution < -0.4 is 15.4 Å². The Morgan fingerprint density at radius 1 is 1.26 bits per heavy atom. The van der Waals surface area contributed by atoms with Crippen LogP contribution in [0.25, 0.3) is 0 Å². The molecule has 1 aromatic carbocycles. The predicted molar refractivity (Wildman–Crippen MR) is 80.9 cm³/mol. The number of hydrogen-bond donors (Lipinski definition) is 1. The van der Waals surface area contributed by atoms with Crippen molar-refractivity contribution in [2.24, 2.45) is 0 Å². The molecule has 1 saturated heterocycles. The number of nitrogens with two attached hydrogens (primary N) is 1. The summed E-state index contributed by atoms with van der Waals surface area (Å²) in [6.07, 6.45) is 1.21. The van der Waals surface area contributed by atoms with Gasteiger partial charge in [0.1, 0.15) is 5.75 Å². The lowest BCUT2D eigenvalue weighted by molar-refractivity contribution is 0.193. The quantitative estimate of drug-likeness (QED) is 0.846. The van der Waals surface area contributed by atoms with Crippen molar-refractivity contribution in [2.75, 3.05) is 43.9 Å². The van der Waals surface area contributed by atoms with Crippen LogP contribution >= 0.6 is 0 Å². The van der Waals surface area contributed by atoms with Crippen molar-refractivity contribution < 1.29 is 4.74 Å². The molecular formula is C15H25N3O. The molecule has 1 aliphatic rings. The molecule has 0 aromatic heterocycles. The summed E-state index contributed by atoms with van der Waals surface area (Å²) in [5.41, 5.74) is 8.04. The van der Waals surface area contributed by atoms with Crippen molar-refractivity contribution in [2.45, 2.75) is 26.3 Å². The van der Waals surface area contributed by atoms with Gasteiger partial charge in [0.15, 0.2) is 0 Å². The van der Waals surface area contributed by atoms with E-state index >= 15 is 0 Å². The molecule has 19 heavy (non-hydrogen) atoms. The Bertz CT molecular complexity index is 414. The van der Waals surface area contributed by atoms with Crippen molar-refractivity contribution in [1.29, 1.82) is 0 Å². The Labute approximate surface area is 116 Å². The van der Waals surface area contributed by atoms with E-state index in [9.17, 15) is 0 Å². The molecule has 0 radical (unpaired) electrons. The van der Waals surface area contributed by atoms with Crippen LogP contribution in [0.5, 0.6) is 5.75 Å². The van der Waals surface area contributed by atoms with Crippen molar-refractivity contribution in [3.8, 4) is 5.75 Å². The summed E-state index contributed by atoms with van der Waals surface area (Å²) in [4.78, 5) is 4.92. The van der Waals surface area contributed by atoms with Gasteiger partial charge in [0.05, 0.1) is 18.5 Å². The van der Waals surface area contributed by atoms with Gasteiger partial charge in [0.2, 0.25) is 0 Å². The largest absolute Gasteiger partial charge is 0.497 e. The minimum Gasteiger partial charge on any atom is -0.497 e. The molecule has 1 unspecified atom stereocenters. The van der Waals surface area contributed by atoms with Gasteiger partial charge in [-0.25, -0.2) is 0 Å². The highest BCUT2D eigenvalue weighted by Gasteiger charge is 2.21. The molecule has 4 nitrogen and oxygen atoms in total. The van der Waals surface area contributed by atoms with Gasteiger partial charge >= 0.3 is 0 Å². The Kier molecular flexibility index (Phi) is 4.53. The summed E-state index contributed by atoms with van der Waals surface area (Å²) in [6.45, 7) is 8.86. The third-order valence-corrected chi connectivity index (χ3v) is 4.10. The summed E-state index contributed by atoms with van der Waals surface area (Å²) < 4.78 is 5.19. The van der Waals surface area contributed by atoms with Gasteiger partial charge in [-0.1, -0.05) is 6.92 Å². The molecule has 0 aliphatic carbocycles. The molecule has 1 atom stereocenters. The maximum atomic E-state index is 6.11. The Morgan fingerprint density at radius 3 is 2.47 bits per heavy atom. The third-order valence-electron chi connectivity index (χ3n) is 4.10. The van der Waals surface area contributed by atoms with Crippen LogP contribution in [-0.2, 0) is 0 Å². The average molecular weight is 263 g/mol. The van der Waals surface area contributed by atoms with E-state index in [0.717, 1.165) is 43.3 Å². The second-order valence-corrected chi connectivity index (χ2v) is 5.21. The first-order chi connectivity index (χ1) is 9.15. The molecule has 0 bridgehead atoms. The molecular weight excluding hydrogens is 238 g/mol. The molecule has 2 rings (SSSR count). The van der Waals surface area contributed by atoms with E-state index in [4.69, 9.17) is 10.5 Å². The first kappa shape index (κ1) is 14.0. The highest BCUT2D eigenvalue weighted by molar-refractivity contribution is 5.69. The molecule has 4 heteroatoms. The van der Waals surface area contributed by atoms with Gasteiger partial charge in [0.25, 0.3) is 0 Å². The van der Waals surface area contributed by atoms with Gasteiger partial charge in [0, 0.05) is 38.3 Å². The fourth-order valence-corrected chi connectivity index (χ4v) is 2.61. The zero-order chi connectivity index (χ0) is 13.8. The van der Waals surface area contributed by atoms with Crippen molar-refractivity contribution in [3.05, 3.63) is 18.2 Å². The third kappa shape index (κ3) is 3.13. The van der Waals surface area contributed by atoms with E-state index in [1.807, 2.05) is 12.1 Å². The fourth-order valence-electron chi connectivity index (χ4n) is 2.61. The number of benzene rings is 1. The maximum absolute atomic E-state index is 6.11. The summed E-state index contributed by atoms with van der Waals surface area (Å²) in [5.74, 6) is 0.819. The highest BCUT2D eigenvalue weighted by Crippen LogP contribution is 2.28. The normalized spacial score (nSPS) is 18.4. The number of nitrogen functional groups attached to an aromatic ring is 1. The van der Waals surface area contributed by atoms with Gasteiger partial charge in [-0.05, 0) is 25.5 Å². The van der Waals surface area contributed by atoms with E-state index in [0.29, 0.717) is 6.04 Å². The number of methoxy groups -OCH3 is 1. The number of anilines is 2. The monoisotopic (exact) mass is 263 g/mol. The number of hydrogen-bond acceptors (Lipinski definition) is 4. The molecule has 106 valence electrons. The van der Waals surface area contributed by atoms with Gasteiger partial charge < -0.3 is 15.4 Å². The van der Waals surface area contributed by atoms with Crippen LogP contribution in [0.15, 0.2) is 18.2 Å². The fraction of sp³-hybridized carbons (Fsp3) is 0.600. The van der Waals surface area contributed by atoms with Crippen LogP contribution in [0.3, 0.4) is 0 Å². The molecule has 0 saturated carbocycles. The second-order valence-electron chi connectivity index (χ2n) is 5.21. The molecule has 0 amide bonds. The zero-order valence-corrected chi connectivity index (χ0v) is 12.2. The van der Waals surface area contributed by atoms with Crippen molar-refractivity contribution >= 4 is 11.4 Å². The summed E-state index contributed by atoms with van der Waals surface area (Å²) in [5, 5.41) is 0. The minimum absolute atomic E-state index is 0.676. The highest BCUT2D eigenvalue weighted by atomic mass is 16.5. The van der Waals surface area contributed by atoms with Crippen LogP contribution in [0.1, 0.15) is 20.3 Å². The molecule has 1 aliphatic heterocycles. The van der Waals surface area contributed by atoms with Crippen molar-refractivity contribution in [3.63, 3.8) is 0 Å². The average Bonchev–Trinajstić information content (AvgIpc) is 2.46. The van der Waals surface area contributed by atoms with Crippen LogP contribution in [0.4, 0.5) is 11.4 Å². The van der Waals surface area contributed by atoms with Crippen LogP contribution in [0, 0.1) is 0 Å². The molecule has 2 N–H and O–H groups in total. The first-order valence-electron chi connectivity index (χ1n) is 7.08. The Hall–Kier alpha value is -1.42. The van der Waals surface area contributed by atoms with Gasteiger partial charge in [-0.15, -0.1) is 0 Å². The van der Waals surface area contributed by atoms with Crippen LogP contribution in [0.2, 0.25) is 0 Å². The number of piperazine rings is 1. The molecule has 0 spiro atoms. The van der Waals surface area contributed by atoms with E-state index in [-0.39, 0.29) is 0 Å². The lowest BCUT2D eigenvalue weighted by Gasteiger charge is -2.39. The Balaban J connectivity index is 2.01. The van der Waals surface area contributed by atoms with Gasteiger partial charge in [-0.3, -0.25) is 4.90 Å². The number of ether oxygens (including phenoxy) is 1. The van der Waals surface area contributed by atoms with Crippen molar-refractivity contribution in [1.82, 2.24) is 4.90 Å². The standard InChI is InChI=1S/C15H25N3O/c1-4-12(2)17-7-9-18(10-8-17)15-6-5-13(19-3)11-14(15)16/h5-6,11-12H,4,7-10,16H2,1-3H3. The number of rotatable bonds is 4. The van der Waals surface area contributed by atoms with E-state index in [1.54, 1.807) is 7.11 Å². The molecule has 1 fully saturated rings. The summed E-state index contributed by atoms with van der Waals surface area (Å²) >= 11 is 0. The summed E-state index contributed by atoms with van der Waals surface area (Å²) in [6, 6.07) is 6.62. The zero-order valence-electron chi connectivity index (χ0n) is 12.2. The van der Waals surface area contributed by atoms with Crippen LogP contribution in [-0.4, -0.2) is 44.2 Å². The van der Waals surface area contributed by atoms with E-state index in [2.05, 4.69) is 29.7 Å². The lowest BCUT2D eigenvalue weighted by Crippen LogP contribution is -2.49. The molecule has 1 heterocycles. The number of nitrogens with zero attached hydrogens (tertiary/aromatic N) is 2. The predicted octanol–water partition coefficient (Wildman–Crippen LogP) is 2.20. The van der Waals surface area contributed by atoms with E-state index < -0.39 is 0 Å².